The first-order valence-corrected chi connectivity index (χ1v) is 10.2. The van der Waals surface area contributed by atoms with Crippen LogP contribution in [0.4, 0.5) is 5.00 Å². The fraction of sp³-hybridized carbons (Fsp3) is 0.105. The van der Waals surface area contributed by atoms with Gasteiger partial charge in [0.1, 0.15) is 5.00 Å². The summed E-state index contributed by atoms with van der Waals surface area (Å²) in [4.78, 5) is 18.1. The van der Waals surface area contributed by atoms with Crippen molar-refractivity contribution in [1.29, 1.82) is 0 Å². The van der Waals surface area contributed by atoms with Crippen molar-refractivity contribution < 1.29 is 4.79 Å². The van der Waals surface area contributed by atoms with Gasteiger partial charge in [-0.2, -0.15) is 4.80 Å². The number of amides is 1. The predicted molar refractivity (Wildman–Crippen MR) is 109 cm³/mol. The molecule has 0 unspecified atom stereocenters. The molecule has 0 fully saturated rings. The molecule has 2 heterocycles. The number of carbonyl (C=O) groups excluding carboxylic acids is 1. The third-order valence-corrected chi connectivity index (χ3v) is 5.65. The molecule has 0 bridgehead atoms. The van der Waals surface area contributed by atoms with E-state index >= 15 is 0 Å². The minimum atomic E-state index is -0.161. The molecule has 2 aromatic carbocycles. The number of aryl methyl sites for hydroxylation is 2. The molecule has 140 valence electrons. The highest BCUT2D eigenvalue weighted by Gasteiger charge is 2.12. The molecule has 0 saturated heterocycles. The van der Waals surface area contributed by atoms with E-state index in [1.807, 2.05) is 36.4 Å². The molecule has 0 radical (unpaired) electrons. The van der Waals surface area contributed by atoms with Crippen molar-refractivity contribution in [2.75, 3.05) is 5.32 Å². The predicted octanol–water partition coefficient (Wildman–Crippen LogP) is 3.78. The van der Waals surface area contributed by atoms with Crippen molar-refractivity contribution in [2.24, 2.45) is 0 Å². The zero-order chi connectivity index (χ0) is 19.2. The molecule has 4 aromatic rings. The van der Waals surface area contributed by atoms with Gasteiger partial charge < -0.3 is 5.32 Å². The first-order chi connectivity index (χ1) is 13.8. The van der Waals surface area contributed by atoms with Crippen LogP contribution in [-0.2, 0) is 13.0 Å². The lowest BCUT2D eigenvalue weighted by Gasteiger charge is -2.00. The quantitative estimate of drug-likeness (QED) is 0.501. The van der Waals surface area contributed by atoms with E-state index in [1.54, 1.807) is 23.1 Å². The highest BCUT2D eigenvalue weighted by Crippen LogP contribution is 2.31. The molecule has 0 spiro atoms. The van der Waals surface area contributed by atoms with Crippen molar-refractivity contribution >= 4 is 34.0 Å². The Morgan fingerprint density at radius 3 is 2.61 bits per heavy atom. The van der Waals surface area contributed by atoms with Crippen LogP contribution >= 0.6 is 23.1 Å². The van der Waals surface area contributed by atoms with Gasteiger partial charge in [0.2, 0.25) is 5.16 Å². The number of benzene rings is 2. The maximum Gasteiger partial charge on any atom is 0.256 e. The minimum Gasteiger partial charge on any atom is -0.312 e. The molecule has 2 aromatic heterocycles. The number of anilines is 1. The molecule has 0 aliphatic carbocycles. The number of nitrogens with zero attached hydrogens (tertiary/aromatic N) is 5. The molecular weight excluding hydrogens is 392 g/mol. The van der Waals surface area contributed by atoms with Gasteiger partial charge in [-0.25, -0.2) is 4.98 Å². The molecule has 9 heteroatoms. The van der Waals surface area contributed by atoms with E-state index in [0.29, 0.717) is 22.3 Å². The lowest BCUT2D eigenvalue weighted by Crippen LogP contribution is -2.10. The maximum atomic E-state index is 12.2. The number of tetrazole rings is 1. The van der Waals surface area contributed by atoms with Crippen molar-refractivity contribution in [2.45, 2.75) is 22.5 Å². The molecule has 4 rings (SSSR count). The second-order valence-corrected chi connectivity index (χ2v) is 8.06. The molecular formula is C19H16N6OS2. The molecule has 1 N–H and O–H groups in total. The fourth-order valence-corrected chi connectivity index (χ4v) is 4.13. The second kappa shape index (κ2) is 8.77. The number of hydrogen-bond acceptors (Lipinski definition) is 7. The highest BCUT2D eigenvalue weighted by atomic mass is 32.2. The van der Waals surface area contributed by atoms with Gasteiger partial charge in [0.15, 0.2) is 4.34 Å². The molecule has 7 nitrogen and oxygen atoms in total. The van der Waals surface area contributed by atoms with Crippen LogP contribution in [0.25, 0.3) is 0 Å². The summed E-state index contributed by atoms with van der Waals surface area (Å²) in [5.74, 6) is -0.161. The number of nitrogens with one attached hydrogen (secondary N) is 1. The molecule has 0 aliphatic heterocycles. The number of aromatic nitrogens is 5. The zero-order valence-corrected chi connectivity index (χ0v) is 16.4. The molecule has 0 aliphatic rings. The normalized spacial score (nSPS) is 10.7. The van der Waals surface area contributed by atoms with Gasteiger partial charge in [-0.3, -0.25) is 4.79 Å². The van der Waals surface area contributed by atoms with Gasteiger partial charge >= 0.3 is 0 Å². The summed E-state index contributed by atoms with van der Waals surface area (Å²) in [6.07, 6.45) is 2.47. The van der Waals surface area contributed by atoms with Crippen molar-refractivity contribution in [3.05, 3.63) is 78.0 Å². The van der Waals surface area contributed by atoms with Gasteiger partial charge in [-0.05, 0) is 41.1 Å². The smallest absolute Gasteiger partial charge is 0.256 e. The number of thiazole rings is 1. The van der Waals surface area contributed by atoms with Crippen LogP contribution < -0.4 is 5.32 Å². The Hall–Kier alpha value is -3.04. The van der Waals surface area contributed by atoms with E-state index in [9.17, 15) is 4.79 Å². The van der Waals surface area contributed by atoms with E-state index in [0.717, 1.165) is 10.8 Å². The summed E-state index contributed by atoms with van der Waals surface area (Å²) >= 11 is 2.70. The summed E-state index contributed by atoms with van der Waals surface area (Å²) in [6, 6.07) is 19.2. The largest absolute Gasteiger partial charge is 0.312 e. The lowest BCUT2D eigenvalue weighted by atomic mass is 10.2. The first-order valence-electron chi connectivity index (χ1n) is 8.58. The van der Waals surface area contributed by atoms with Crippen molar-refractivity contribution in [3.63, 3.8) is 0 Å². The van der Waals surface area contributed by atoms with Crippen LogP contribution in [0.1, 0.15) is 15.9 Å². The van der Waals surface area contributed by atoms with Gasteiger partial charge in [0, 0.05) is 5.56 Å². The summed E-state index contributed by atoms with van der Waals surface area (Å²) < 4.78 is 0.742. The first kappa shape index (κ1) is 18.3. The van der Waals surface area contributed by atoms with Crippen LogP contribution in [0.15, 0.2) is 76.4 Å². The summed E-state index contributed by atoms with van der Waals surface area (Å²) in [6.45, 7) is 0.661. The van der Waals surface area contributed by atoms with Crippen LogP contribution in [0.3, 0.4) is 0 Å². The molecule has 0 saturated carbocycles. The maximum absolute atomic E-state index is 12.2. The minimum absolute atomic E-state index is 0.161. The van der Waals surface area contributed by atoms with Gasteiger partial charge in [0.05, 0.1) is 12.7 Å². The van der Waals surface area contributed by atoms with Crippen molar-refractivity contribution in [3.8, 4) is 0 Å². The highest BCUT2D eigenvalue weighted by molar-refractivity contribution is 8.00. The van der Waals surface area contributed by atoms with Crippen molar-refractivity contribution in [1.82, 2.24) is 25.2 Å². The van der Waals surface area contributed by atoms with E-state index < -0.39 is 0 Å². The Bertz CT molecular complexity index is 1050. The third-order valence-electron chi connectivity index (χ3n) is 3.81. The Kier molecular flexibility index (Phi) is 5.74. The Balaban J connectivity index is 1.33. The summed E-state index contributed by atoms with van der Waals surface area (Å²) in [5.41, 5.74) is 1.83. The topological polar surface area (TPSA) is 85.6 Å². The second-order valence-electron chi connectivity index (χ2n) is 5.82. The van der Waals surface area contributed by atoms with E-state index in [-0.39, 0.29) is 5.91 Å². The Morgan fingerprint density at radius 1 is 1.07 bits per heavy atom. The van der Waals surface area contributed by atoms with Gasteiger partial charge in [-0.15, -0.1) is 10.2 Å². The van der Waals surface area contributed by atoms with E-state index in [4.69, 9.17) is 0 Å². The monoisotopic (exact) mass is 408 g/mol. The SMILES string of the molecule is O=C(Nc1cnc(Sc2nnn(CCc3ccccc3)n2)s1)c1ccccc1. The average molecular weight is 409 g/mol. The fourth-order valence-electron chi connectivity index (χ4n) is 2.45. The molecule has 0 atom stereocenters. The summed E-state index contributed by atoms with van der Waals surface area (Å²) in [7, 11) is 0. The molecule has 1 amide bonds. The number of rotatable bonds is 7. The van der Waals surface area contributed by atoms with E-state index in [2.05, 4.69) is 37.8 Å². The van der Waals surface area contributed by atoms with Gasteiger partial charge in [-0.1, -0.05) is 59.9 Å². The van der Waals surface area contributed by atoms with Crippen LogP contribution in [-0.4, -0.2) is 31.1 Å². The number of hydrogen-bond donors (Lipinski definition) is 1. The van der Waals surface area contributed by atoms with Gasteiger partial charge in [0.25, 0.3) is 5.91 Å². The zero-order valence-electron chi connectivity index (χ0n) is 14.7. The van der Waals surface area contributed by atoms with Crippen LogP contribution in [0.5, 0.6) is 0 Å². The van der Waals surface area contributed by atoms with Crippen LogP contribution in [0.2, 0.25) is 0 Å². The standard InChI is InChI=1S/C19H16N6OS2/c26-17(15-9-5-2-6-10-15)21-16-13-20-19(27-16)28-18-22-24-25(23-18)12-11-14-7-3-1-4-8-14/h1-10,13H,11-12H2,(H,21,26). The van der Waals surface area contributed by atoms with E-state index in [1.165, 1.54) is 28.7 Å². The molecule has 28 heavy (non-hydrogen) atoms. The Morgan fingerprint density at radius 2 is 1.82 bits per heavy atom. The number of carbonyl (C=O) groups is 1. The average Bonchev–Trinajstić information content (AvgIpc) is 3.37. The Labute approximate surface area is 169 Å². The third kappa shape index (κ3) is 4.81. The summed E-state index contributed by atoms with van der Waals surface area (Å²) in [5, 5.41) is 16.6. The van der Waals surface area contributed by atoms with Crippen LogP contribution in [0, 0.1) is 0 Å². The lowest BCUT2D eigenvalue weighted by molar-refractivity contribution is 0.102.